The van der Waals surface area contributed by atoms with Crippen molar-refractivity contribution in [1.29, 1.82) is 0 Å². The number of oxime groups is 1. The second-order valence-electron chi connectivity index (χ2n) is 9.80. The molecule has 3 rings (SSSR count). The third kappa shape index (κ3) is 7.99. The van der Waals surface area contributed by atoms with E-state index in [1.165, 1.54) is 29.2 Å². The minimum absolute atomic E-state index is 0.0597. The van der Waals surface area contributed by atoms with Gasteiger partial charge in [0.05, 0.1) is 6.10 Å². The number of amidine groups is 1. The second-order valence-corrected chi connectivity index (χ2v) is 9.80. The highest BCUT2D eigenvalue weighted by Crippen LogP contribution is 2.26. The first-order valence-electron chi connectivity index (χ1n) is 12.8. The normalized spacial score (nSPS) is 20.4. The van der Waals surface area contributed by atoms with E-state index in [-0.39, 0.29) is 37.3 Å². The van der Waals surface area contributed by atoms with E-state index < -0.39 is 35.8 Å². The van der Waals surface area contributed by atoms with Crippen LogP contribution in [0.1, 0.15) is 54.9 Å². The molecule has 0 bridgehead atoms. The van der Waals surface area contributed by atoms with Crippen LogP contribution in [-0.4, -0.2) is 89.7 Å². The fourth-order valence-electron chi connectivity index (χ4n) is 4.80. The van der Waals surface area contributed by atoms with E-state index in [0.29, 0.717) is 30.5 Å². The molecule has 5 N–H and O–H groups in total. The van der Waals surface area contributed by atoms with E-state index in [4.69, 9.17) is 20.4 Å². The Morgan fingerprint density at radius 2 is 1.79 bits per heavy atom. The number of nitrogens with two attached hydrogens (primary N) is 1. The molecule has 2 fully saturated rings. The van der Waals surface area contributed by atoms with Crippen LogP contribution < -0.4 is 11.1 Å². The van der Waals surface area contributed by atoms with E-state index in [1.807, 2.05) is 0 Å². The van der Waals surface area contributed by atoms with Crippen molar-refractivity contribution in [3.05, 3.63) is 35.4 Å². The van der Waals surface area contributed by atoms with Crippen molar-refractivity contribution in [2.45, 2.75) is 51.2 Å². The molecule has 0 radical (unpaired) electrons. The molecule has 2 aliphatic heterocycles. The fourth-order valence-corrected chi connectivity index (χ4v) is 4.80. The molecule has 1 aromatic carbocycles. The number of amides is 1. The Hall–Kier alpha value is -3.51. The summed E-state index contributed by atoms with van der Waals surface area (Å²) in [6, 6.07) is 6.11. The summed E-state index contributed by atoms with van der Waals surface area (Å²) in [6.45, 7) is 3.29. The third-order valence-electron chi connectivity index (χ3n) is 7.01. The van der Waals surface area contributed by atoms with Crippen molar-refractivity contribution in [3.8, 4) is 0 Å². The quantitative estimate of drug-likeness (QED) is 0.0816. The molecule has 2 saturated heterocycles. The number of hydrogen-bond donors (Lipinski definition) is 4. The zero-order valence-electron chi connectivity index (χ0n) is 21.5. The Morgan fingerprint density at radius 3 is 2.42 bits per heavy atom. The summed E-state index contributed by atoms with van der Waals surface area (Å²) in [4.78, 5) is 51.8. The summed E-state index contributed by atoms with van der Waals surface area (Å²) in [5.41, 5.74) is 6.34. The van der Waals surface area contributed by atoms with Crippen LogP contribution >= 0.6 is 0 Å². The Balaban J connectivity index is 1.68. The van der Waals surface area contributed by atoms with Gasteiger partial charge in [-0.2, -0.15) is 0 Å². The van der Waals surface area contributed by atoms with E-state index in [2.05, 4.69) is 10.5 Å². The van der Waals surface area contributed by atoms with E-state index >= 15 is 0 Å². The molecule has 1 amide bonds. The number of ketones is 2. The first-order valence-corrected chi connectivity index (χ1v) is 12.8. The number of esters is 1. The van der Waals surface area contributed by atoms with Gasteiger partial charge < -0.3 is 35.7 Å². The predicted octanol–water partition coefficient (Wildman–Crippen LogP) is 1.63. The van der Waals surface area contributed by atoms with Crippen molar-refractivity contribution < 1.29 is 39.0 Å². The Kier molecular flexibility index (Phi) is 10.6. The van der Waals surface area contributed by atoms with Crippen LogP contribution in [0.2, 0.25) is 0 Å². The van der Waals surface area contributed by atoms with E-state index in [9.17, 15) is 24.3 Å². The molecular formula is C26H36N4O8. The summed E-state index contributed by atoms with van der Waals surface area (Å²) in [5, 5.41) is 24.4. The highest BCUT2D eigenvalue weighted by molar-refractivity contribution is 6.01. The number of likely N-dealkylation sites (tertiary alicyclic amines) is 1. The molecule has 2 aliphatic rings. The third-order valence-corrected chi connectivity index (χ3v) is 7.01. The van der Waals surface area contributed by atoms with Gasteiger partial charge in [0.1, 0.15) is 6.61 Å². The lowest BCUT2D eigenvalue weighted by molar-refractivity contribution is -0.166. The molecular weight excluding hydrogens is 496 g/mol. The SMILES string of the molecule is C[C@H](CC(=O)c1ccc(C(N)=NO)cc1)C(=O)C(OC(=O)COC1CCNCC1)C1CCCN(C(=O)O)C1. The largest absolute Gasteiger partial charge is 0.465 e. The minimum Gasteiger partial charge on any atom is -0.465 e. The topological polar surface area (TPSA) is 181 Å². The summed E-state index contributed by atoms with van der Waals surface area (Å²) in [5.74, 6) is -2.82. The number of carbonyl (C=O) groups is 4. The lowest BCUT2D eigenvalue weighted by Gasteiger charge is -2.35. The van der Waals surface area contributed by atoms with Crippen molar-refractivity contribution in [3.63, 3.8) is 0 Å². The number of carboxylic acid groups (broad SMARTS) is 1. The van der Waals surface area contributed by atoms with Crippen LogP contribution in [0.25, 0.3) is 0 Å². The van der Waals surface area contributed by atoms with Crippen molar-refractivity contribution in [1.82, 2.24) is 10.2 Å². The van der Waals surface area contributed by atoms with Crippen LogP contribution in [0.15, 0.2) is 29.4 Å². The Labute approximate surface area is 221 Å². The van der Waals surface area contributed by atoms with Gasteiger partial charge in [-0.15, -0.1) is 0 Å². The molecule has 12 nitrogen and oxygen atoms in total. The summed E-state index contributed by atoms with van der Waals surface area (Å²) in [6.07, 6.45) is 0.0969. The monoisotopic (exact) mass is 532 g/mol. The van der Waals surface area contributed by atoms with Crippen molar-refractivity contribution >= 4 is 29.5 Å². The minimum atomic E-state index is -1.19. The van der Waals surface area contributed by atoms with Gasteiger partial charge in [0.15, 0.2) is 23.5 Å². The lowest BCUT2D eigenvalue weighted by Crippen LogP contribution is -2.48. The molecule has 0 aliphatic carbocycles. The maximum atomic E-state index is 13.5. The molecule has 2 unspecified atom stereocenters. The predicted molar refractivity (Wildman–Crippen MR) is 136 cm³/mol. The van der Waals surface area contributed by atoms with Gasteiger partial charge in [-0.25, -0.2) is 9.59 Å². The van der Waals surface area contributed by atoms with Crippen LogP contribution in [0, 0.1) is 11.8 Å². The zero-order valence-corrected chi connectivity index (χ0v) is 21.5. The Morgan fingerprint density at radius 1 is 1.13 bits per heavy atom. The molecule has 38 heavy (non-hydrogen) atoms. The molecule has 2 heterocycles. The zero-order chi connectivity index (χ0) is 27.7. The van der Waals surface area contributed by atoms with Crippen LogP contribution in [0.5, 0.6) is 0 Å². The van der Waals surface area contributed by atoms with Gasteiger partial charge in [-0.3, -0.25) is 9.59 Å². The average Bonchev–Trinajstić information content (AvgIpc) is 2.94. The molecule has 0 saturated carbocycles. The standard InChI is InChI=1S/C26H36N4O8/c1-16(13-21(31)17-4-6-18(7-5-17)25(27)29-36)23(33)24(19-3-2-12-30(14-19)26(34)35)38-22(32)15-37-20-8-10-28-11-9-20/h4-7,16,19-20,24,28,36H,2-3,8-15H2,1H3,(H2,27,29)(H,34,35)/t16-,19?,24?/m1/s1. The maximum absolute atomic E-state index is 13.5. The number of carbonyl (C=O) groups excluding carboxylic acids is 3. The van der Waals surface area contributed by atoms with Gasteiger partial charge in [0, 0.05) is 42.5 Å². The van der Waals surface area contributed by atoms with Crippen molar-refractivity contribution in [2.75, 3.05) is 32.8 Å². The summed E-state index contributed by atoms with van der Waals surface area (Å²) >= 11 is 0. The van der Waals surface area contributed by atoms with Gasteiger partial charge in [-0.05, 0) is 38.8 Å². The number of rotatable bonds is 11. The second kappa shape index (κ2) is 13.9. The van der Waals surface area contributed by atoms with E-state index in [0.717, 1.165) is 25.9 Å². The summed E-state index contributed by atoms with van der Waals surface area (Å²) in [7, 11) is 0. The first-order chi connectivity index (χ1) is 18.2. The van der Waals surface area contributed by atoms with Gasteiger partial charge >= 0.3 is 12.1 Å². The molecule has 12 heteroatoms. The van der Waals surface area contributed by atoms with Gasteiger partial charge in [-0.1, -0.05) is 36.3 Å². The average molecular weight is 533 g/mol. The maximum Gasteiger partial charge on any atom is 0.407 e. The number of nitrogens with zero attached hydrogens (tertiary/aromatic N) is 2. The molecule has 0 spiro atoms. The molecule has 1 aromatic rings. The fraction of sp³-hybridized carbons (Fsp3) is 0.577. The lowest BCUT2D eigenvalue weighted by atomic mass is 9.84. The number of benzene rings is 1. The highest BCUT2D eigenvalue weighted by atomic mass is 16.6. The molecule has 208 valence electrons. The van der Waals surface area contributed by atoms with Crippen molar-refractivity contribution in [2.24, 2.45) is 22.7 Å². The van der Waals surface area contributed by atoms with Gasteiger partial charge in [0.25, 0.3) is 0 Å². The van der Waals surface area contributed by atoms with Gasteiger partial charge in [0.2, 0.25) is 0 Å². The number of ether oxygens (including phenoxy) is 2. The number of nitrogens with one attached hydrogen (secondary N) is 1. The van der Waals surface area contributed by atoms with E-state index in [1.54, 1.807) is 6.92 Å². The van der Waals surface area contributed by atoms with Crippen LogP contribution in [-0.2, 0) is 19.1 Å². The van der Waals surface area contributed by atoms with Crippen LogP contribution in [0.3, 0.4) is 0 Å². The molecule has 0 aromatic heterocycles. The number of hydrogen-bond acceptors (Lipinski definition) is 9. The first kappa shape index (κ1) is 29.1. The highest BCUT2D eigenvalue weighted by Gasteiger charge is 2.38. The van der Waals surface area contributed by atoms with Crippen LogP contribution in [0.4, 0.5) is 4.79 Å². The summed E-state index contributed by atoms with van der Waals surface area (Å²) < 4.78 is 11.3. The molecule has 3 atom stereocenters. The number of Topliss-reactive ketones (excluding diaryl/α,β-unsaturated/α-hetero) is 2. The number of piperidine rings is 2. The smallest absolute Gasteiger partial charge is 0.407 e. The Bertz CT molecular complexity index is 1020.